The van der Waals surface area contributed by atoms with Crippen molar-refractivity contribution in [3.05, 3.63) is 42.7 Å². The highest BCUT2D eigenvalue weighted by Crippen LogP contribution is 2.19. The van der Waals surface area contributed by atoms with E-state index in [1.165, 1.54) is 0 Å². The van der Waals surface area contributed by atoms with Gasteiger partial charge in [-0.2, -0.15) is 5.26 Å². The number of anilines is 1. The first-order chi connectivity index (χ1) is 10.8. The quantitative estimate of drug-likeness (QED) is 0.874. The minimum Gasteiger partial charge on any atom is -0.310 e. The Morgan fingerprint density at radius 3 is 2.86 bits per heavy atom. The maximum Gasteiger partial charge on any atom is 0.230 e. The van der Waals surface area contributed by atoms with E-state index < -0.39 is 0 Å². The van der Waals surface area contributed by atoms with Crippen molar-refractivity contribution in [3.63, 3.8) is 0 Å². The molecule has 6 heteroatoms. The van der Waals surface area contributed by atoms with E-state index in [1.54, 1.807) is 23.4 Å². The first-order valence-corrected chi connectivity index (χ1v) is 7.09. The number of amides is 1. The molecule has 1 unspecified atom stereocenters. The Kier molecular flexibility index (Phi) is 3.97. The molecule has 1 N–H and O–H groups in total. The van der Waals surface area contributed by atoms with E-state index in [2.05, 4.69) is 21.5 Å². The van der Waals surface area contributed by atoms with E-state index in [-0.39, 0.29) is 11.8 Å². The third-order valence-corrected chi connectivity index (χ3v) is 3.68. The van der Waals surface area contributed by atoms with Gasteiger partial charge in [-0.1, -0.05) is 6.07 Å². The SMILES string of the molecule is N#CN1CCC(C(=O)Nc2ccc(-c3ccccn3)cn2)C1. The lowest BCUT2D eigenvalue weighted by molar-refractivity contribution is -0.119. The molecule has 0 spiro atoms. The van der Waals surface area contributed by atoms with E-state index in [0.717, 1.165) is 11.3 Å². The largest absolute Gasteiger partial charge is 0.310 e. The topological polar surface area (TPSA) is 81.9 Å². The van der Waals surface area contributed by atoms with Gasteiger partial charge in [0, 0.05) is 31.0 Å². The van der Waals surface area contributed by atoms with Gasteiger partial charge in [-0.3, -0.25) is 9.78 Å². The normalized spacial score (nSPS) is 17.0. The van der Waals surface area contributed by atoms with Crippen LogP contribution in [0, 0.1) is 17.4 Å². The molecule has 1 aliphatic heterocycles. The van der Waals surface area contributed by atoms with E-state index in [1.807, 2.05) is 24.3 Å². The average molecular weight is 293 g/mol. The molecule has 1 fully saturated rings. The number of hydrogen-bond donors (Lipinski definition) is 1. The summed E-state index contributed by atoms with van der Waals surface area (Å²) in [6.45, 7) is 1.12. The fraction of sp³-hybridized carbons (Fsp3) is 0.250. The number of hydrogen-bond acceptors (Lipinski definition) is 5. The highest BCUT2D eigenvalue weighted by Gasteiger charge is 2.27. The van der Waals surface area contributed by atoms with Gasteiger partial charge in [0.05, 0.1) is 11.6 Å². The van der Waals surface area contributed by atoms with Gasteiger partial charge in [-0.15, -0.1) is 0 Å². The zero-order chi connectivity index (χ0) is 15.4. The predicted molar refractivity (Wildman–Crippen MR) is 81.4 cm³/mol. The molecule has 1 atom stereocenters. The van der Waals surface area contributed by atoms with Crippen LogP contribution >= 0.6 is 0 Å². The second-order valence-electron chi connectivity index (χ2n) is 5.17. The summed E-state index contributed by atoms with van der Waals surface area (Å²) in [7, 11) is 0. The third kappa shape index (κ3) is 3.04. The van der Waals surface area contributed by atoms with Gasteiger partial charge in [0.1, 0.15) is 5.82 Å². The van der Waals surface area contributed by atoms with Crippen LogP contribution in [0.2, 0.25) is 0 Å². The Morgan fingerprint density at radius 2 is 2.23 bits per heavy atom. The van der Waals surface area contributed by atoms with E-state index >= 15 is 0 Å². The number of nitrogens with one attached hydrogen (secondary N) is 1. The lowest BCUT2D eigenvalue weighted by Crippen LogP contribution is -2.25. The van der Waals surface area contributed by atoms with Crippen LogP contribution in [0.5, 0.6) is 0 Å². The van der Waals surface area contributed by atoms with E-state index in [0.29, 0.717) is 25.3 Å². The lowest BCUT2D eigenvalue weighted by atomic mass is 10.1. The van der Waals surface area contributed by atoms with Crippen molar-refractivity contribution < 1.29 is 4.79 Å². The minimum absolute atomic E-state index is 0.0872. The molecule has 6 nitrogen and oxygen atoms in total. The van der Waals surface area contributed by atoms with Crippen LogP contribution in [0.25, 0.3) is 11.3 Å². The second-order valence-corrected chi connectivity index (χ2v) is 5.17. The maximum absolute atomic E-state index is 12.1. The molecule has 0 aliphatic carbocycles. The zero-order valence-electron chi connectivity index (χ0n) is 11.9. The molecule has 0 radical (unpaired) electrons. The van der Waals surface area contributed by atoms with Crippen LogP contribution in [0.3, 0.4) is 0 Å². The molecule has 1 saturated heterocycles. The van der Waals surface area contributed by atoms with E-state index in [4.69, 9.17) is 5.26 Å². The lowest BCUT2D eigenvalue weighted by Gasteiger charge is -2.10. The molecule has 2 aromatic heterocycles. The van der Waals surface area contributed by atoms with Gasteiger partial charge in [0.2, 0.25) is 5.91 Å². The molecule has 1 amide bonds. The zero-order valence-corrected chi connectivity index (χ0v) is 11.9. The Labute approximate surface area is 128 Å². The van der Waals surface area contributed by atoms with E-state index in [9.17, 15) is 4.79 Å². The van der Waals surface area contributed by atoms with Gasteiger partial charge >= 0.3 is 0 Å². The standard InChI is InChI=1S/C16H15N5O/c17-11-21-8-6-13(10-21)16(22)20-15-5-4-12(9-19-15)14-3-1-2-7-18-14/h1-5,7,9,13H,6,8,10H2,(H,19,20,22). The first kappa shape index (κ1) is 14.0. The monoisotopic (exact) mass is 293 g/mol. The van der Waals surface area contributed by atoms with Crippen molar-refractivity contribution in [3.8, 4) is 17.5 Å². The summed E-state index contributed by atoms with van der Waals surface area (Å²) in [6.07, 6.45) is 6.19. The van der Waals surface area contributed by atoms with Crippen molar-refractivity contribution in [2.75, 3.05) is 18.4 Å². The summed E-state index contributed by atoms with van der Waals surface area (Å²) in [6, 6.07) is 9.32. The number of aromatic nitrogens is 2. The summed E-state index contributed by atoms with van der Waals surface area (Å²) < 4.78 is 0. The predicted octanol–water partition coefficient (Wildman–Crippen LogP) is 1.89. The van der Waals surface area contributed by atoms with Crippen molar-refractivity contribution in [2.45, 2.75) is 6.42 Å². The number of nitriles is 1. The summed E-state index contributed by atoms with van der Waals surface area (Å²) >= 11 is 0. The Balaban J connectivity index is 1.64. The van der Waals surface area contributed by atoms with Crippen LogP contribution in [-0.2, 0) is 4.79 Å². The summed E-state index contributed by atoms with van der Waals surface area (Å²) in [5, 5.41) is 11.6. The van der Waals surface area contributed by atoms with Gasteiger partial charge in [0.15, 0.2) is 6.19 Å². The summed E-state index contributed by atoms with van der Waals surface area (Å²) in [5.74, 6) is 0.271. The molecule has 0 aromatic carbocycles. The molecular formula is C16H15N5O. The Bertz CT molecular complexity index is 693. The number of nitrogens with zero attached hydrogens (tertiary/aromatic N) is 4. The molecular weight excluding hydrogens is 278 g/mol. The molecule has 3 rings (SSSR count). The molecule has 110 valence electrons. The van der Waals surface area contributed by atoms with Crippen molar-refractivity contribution in [2.24, 2.45) is 5.92 Å². The maximum atomic E-state index is 12.1. The van der Waals surface area contributed by atoms with Gasteiger partial charge < -0.3 is 10.2 Å². The smallest absolute Gasteiger partial charge is 0.230 e. The summed E-state index contributed by atoms with van der Waals surface area (Å²) in [5.41, 5.74) is 1.74. The van der Waals surface area contributed by atoms with Crippen LogP contribution in [0.15, 0.2) is 42.7 Å². The van der Waals surface area contributed by atoms with Crippen molar-refractivity contribution >= 4 is 11.7 Å². The van der Waals surface area contributed by atoms with Gasteiger partial charge in [0.25, 0.3) is 0 Å². The molecule has 3 heterocycles. The fourth-order valence-electron chi connectivity index (χ4n) is 2.45. The Hall–Kier alpha value is -2.94. The molecule has 22 heavy (non-hydrogen) atoms. The molecule has 2 aromatic rings. The second kappa shape index (κ2) is 6.22. The van der Waals surface area contributed by atoms with Crippen LogP contribution in [-0.4, -0.2) is 33.9 Å². The number of carbonyl (C=O) groups is 1. The van der Waals surface area contributed by atoms with Crippen molar-refractivity contribution in [1.29, 1.82) is 5.26 Å². The molecule has 1 aliphatic rings. The number of rotatable bonds is 3. The van der Waals surface area contributed by atoms with Gasteiger partial charge in [-0.25, -0.2) is 4.98 Å². The Morgan fingerprint density at radius 1 is 1.32 bits per heavy atom. The number of likely N-dealkylation sites (tertiary alicyclic amines) is 1. The fourth-order valence-corrected chi connectivity index (χ4v) is 2.45. The number of pyridine rings is 2. The average Bonchev–Trinajstić information content (AvgIpc) is 3.06. The molecule has 0 saturated carbocycles. The van der Waals surface area contributed by atoms with Crippen LogP contribution in [0.1, 0.15) is 6.42 Å². The molecule has 0 bridgehead atoms. The first-order valence-electron chi connectivity index (χ1n) is 7.09. The van der Waals surface area contributed by atoms with Crippen LogP contribution < -0.4 is 5.32 Å². The number of carbonyl (C=O) groups excluding carboxylic acids is 1. The highest BCUT2D eigenvalue weighted by atomic mass is 16.2. The highest BCUT2D eigenvalue weighted by molar-refractivity contribution is 5.92. The minimum atomic E-state index is -0.156. The summed E-state index contributed by atoms with van der Waals surface area (Å²) in [4.78, 5) is 22.2. The third-order valence-electron chi connectivity index (χ3n) is 3.68. The van der Waals surface area contributed by atoms with Gasteiger partial charge in [-0.05, 0) is 30.7 Å². The van der Waals surface area contributed by atoms with Crippen LogP contribution in [0.4, 0.5) is 5.82 Å². The van der Waals surface area contributed by atoms with Crippen molar-refractivity contribution in [1.82, 2.24) is 14.9 Å².